The van der Waals surface area contributed by atoms with Crippen molar-refractivity contribution in [1.29, 1.82) is 0 Å². The third kappa shape index (κ3) is 5.53. The van der Waals surface area contributed by atoms with E-state index in [1.54, 1.807) is 13.1 Å². The lowest BCUT2D eigenvalue weighted by Gasteiger charge is -2.30. The number of pyridine rings is 1. The maximum Gasteiger partial charge on any atom is 0.221 e. The first-order valence-corrected chi connectivity index (χ1v) is 9.28. The highest BCUT2D eigenvalue weighted by molar-refractivity contribution is 5.76. The maximum atomic E-state index is 12.4. The topological polar surface area (TPSA) is 74.3 Å². The molecule has 0 aromatic carbocycles. The second-order valence-corrected chi connectivity index (χ2v) is 7.26. The van der Waals surface area contributed by atoms with Crippen LogP contribution in [0.15, 0.2) is 24.4 Å². The van der Waals surface area contributed by atoms with Crippen LogP contribution in [-0.2, 0) is 16.1 Å². The van der Waals surface area contributed by atoms with Crippen LogP contribution in [0.2, 0.25) is 0 Å². The molecule has 2 aliphatic rings. The van der Waals surface area contributed by atoms with Gasteiger partial charge in [0, 0.05) is 44.7 Å². The number of nitrogens with zero attached hydrogens (tertiary/aromatic N) is 2. The van der Waals surface area contributed by atoms with E-state index in [0.29, 0.717) is 25.6 Å². The van der Waals surface area contributed by atoms with Gasteiger partial charge in [0.25, 0.3) is 0 Å². The minimum absolute atomic E-state index is 0.0166. The number of rotatable bonds is 8. The van der Waals surface area contributed by atoms with E-state index >= 15 is 0 Å². The molecule has 0 unspecified atom stereocenters. The molecule has 0 bridgehead atoms. The van der Waals surface area contributed by atoms with E-state index in [-0.39, 0.29) is 17.9 Å². The van der Waals surface area contributed by atoms with Crippen LogP contribution in [-0.4, -0.2) is 46.9 Å². The Kier molecular flexibility index (Phi) is 6.02. The first-order valence-electron chi connectivity index (χ1n) is 9.28. The average Bonchev–Trinajstić information content (AvgIpc) is 3.35. The lowest BCUT2D eigenvalue weighted by atomic mass is 10.1. The zero-order valence-electron chi connectivity index (χ0n) is 14.9. The fourth-order valence-electron chi connectivity index (χ4n) is 3.59. The smallest absolute Gasteiger partial charge is 0.221 e. The van der Waals surface area contributed by atoms with Gasteiger partial charge >= 0.3 is 0 Å². The molecule has 2 fully saturated rings. The maximum absolute atomic E-state index is 12.4. The van der Waals surface area contributed by atoms with Crippen molar-refractivity contribution < 1.29 is 9.59 Å². The van der Waals surface area contributed by atoms with Gasteiger partial charge in [-0.25, -0.2) is 0 Å². The Bertz CT molecular complexity index is 588. The normalized spacial score (nSPS) is 23.4. The van der Waals surface area contributed by atoms with Crippen LogP contribution in [0, 0.1) is 5.92 Å². The van der Waals surface area contributed by atoms with Crippen LogP contribution < -0.4 is 10.6 Å². The van der Waals surface area contributed by atoms with E-state index < -0.39 is 0 Å². The summed E-state index contributed by atoms with van der Waals surface area (Å²) in [6, 6.07) is 6.35. The van der Waals surface area contributed by atoms with Gasteiger partial charge in [0.2, 0.25) is 11.8 Å². The first kappa shape index (κ1) is 17.9. The first-order chi connectivity index (χ1) is 12.1. The SMILES string of the molecule is CC(=O)NC[C@H]1CC[C@@H](CC(=O)NCc2ccccn2)N1CC1CC1. The molecule has 136 valence electrons. The summed E-state index contributed by atoms with van der Waals surface area (Å²) >= 11 is 0. The third-order valence-corrected chi connectivity index (χ3v) is 5.14. The molecule has 6 heteroatoms. The van der Waals surface area contributed by atoms with Crippen molar-refractivity contribution in [3.63, 3.8) is 0 Å². The Hall–Kier alpha value is -1.95. The lowest BCUT2D eigenvalue weighted by Crippen LogP contribution is -2.45. The molecular formula is C19H28N4O2. The van der Waals surface area contributed by atoms with E-state index in [4.69, 9.17) is 0 Å². The highest BCUT2D eigenvalue weighted by atomic mass is 16.2. The van der Waals surface area contributed by atoms with Crippen molar-refractivity contribution in [2.24, 2.45) is 5.92 Å². The predicted octanol–water partition coefficient (Wildman–Crippen LogP) is 1.47. The van der Waals surface area contributed by atoms with Gasteiger partial charge in [-0.1, -0.05) is 6.07 Å². The molecule has 1 saturated heterocycles. The molecule has 1 aliphatic heterocycles. The number of hydrogen-bond acceptors (Lipinski definition) is 4. The number of hydrogen-bond donors (Lipinski definition) is 2. The second-order valence-electron chi connectivity index (χ2n) is 7.26. The summed E-state index contributed by atoms with van der Waals surface area (Å²) < 4.78 is 0. The number of aromatic nitrogens is 1. The summed E-state index contributed by atoms with van der Waals surface area (Å²) in [5, 5.41) is 5.92. The van der Waals surface area contributed by atoms with Crippen molar-refractivity contribution in [2.75, 3.05) is 13.1 Å². The van der Waals surface area contributed by atoms with Crippen LogP contribution in [0.5, 0.6) is 0 Å². The largest absolute Gasteiger partial charge is 0.355 e. The van der Waals surface area contributed by atoms with Gasteiger partial charge in [-0.15, -0.1) is 0 Å². The fraction of sp³-hybridized carbons (Fsp3) is 0.632. The Balaban J connectivity index is 1.50. The highest BCUT2D eigenvalue weighted by Crippen LogP contribution is 2.35. The quantitative estimate of drug-likeness (QED) is 0.749. The molecule has 2 atom stereocenters. The fourth-order valence-corrected chi connectivity index (χ4v) is 3.59. The highest BCUT2D eigenvalue weighted by Gasteiger charge is 2.37. The van der Waals surface area contributed by atoms with Gasteiger partial charge in [-0.2, -0.15) is 0 Å². The monoisotopic (exact) mass is 344 g/mol. The Labute approximate surface area is 149 Å². The number of nitrogens with one attached hydrogen (secondary N) is 2. The predicted molar refractivity (Wildman–Crippen MR) is 95.6 cm³/mol. The van der Waals surface area contributed by atoms with E-state index in [1.807, 2.05) is 18.2 Å². The summed E-state index contributed by atoms with van der Waals surface area (Å²) in [6.07, 6.45) is 6.92. The summed E-state index contributed by atoms with van der Waals surface area (Å²) in [6.45, 7) is 3.78. The Morgan fingerprint density at radius 3 is 2.64 bits per heavy atom. The standard InChI is InChI=1S/C19H28N4O2/c1-14(24)21-12-18-8-7-17(23(18)13-15-5-6-15)10-19(25)22-11-16-4-2-3-9-20-16/h2-4,9,15,17-18H,5-8,10-13H2,1H3,(H,21,24)(H,22,25)/t17-,18+/m0/s1. The van der Waals surface area contributed by atoms with E-state index in [0.717, 1.165) is 31.0 Å². The summed E-state index contributed by atoms with van der Waals surface area (Å²) in [5.74, 6) is 0.872. The average molecular weight is 344 g/mol. The molecule has 2 amide bonds. The molecule has 2 N–H and O–H groups in total. The molecule has 1 aromatic heterocycles. The zero-order valence-corrected chi connectivity index (χ0v) is 14.9. The van der Waals surface area contributed by atoms with Gasteiger partial charge in [0.1, 0.15) is 0 Å². The number of carbonyl (C=O) groups is 2. The van der Waals surface area contributed by atoms with Crippen molar-refractivity contribution in [3.8, 4) is 0 Å². The van der Waals surface area contributed by atoms with E-state index in [1.165, 1.54) is 12.8 Å². The van der Waals surface area contributed by atoms with Crippen LogP contribution in [0.4, 0.5) is 0 Å². The second kappa shape index (κ2) is 8.43. The summed E-state index contributed by atoms with van der Waals surface area (Å²) in [4.78, 5) is 30.3. The van der Waals surface area contributed by atoms with Crippen molar-refractivity contribution in [1.82, 2.24) is 20.5 Å². The summed E-state index contributed by atoms with van der Waals surface area (Å²) in [5.41, 5.74) is 0.876. The van der Waals surface area contributed by atoms with Crippen LogP contribution in [0.25, 0.3) is 0 Å². The van der Waals surface area contributed by atoms with E-state index in [9.17, 15) is 9.59 Å². The number of carbonyl (C=O) groups excluding carboxylic acids is 2. The van der Waals surface area contributed by atoms with Crippen molar-refractivity contribution in [2.45, 2.75) is 57.7 Å². The van der Waals surface area contributed by atoms with Crippen LogP contribution in [0.1, 0.15) is 44.7 Å². The van der Waals surface area contributed by atoms with Gasteiger partial charge in [0.05, 0.1) is 12.2 Å². The van der Waals surface area contributed by atoms with E-state index in [2.05, 4.69) is 20.5 Å². The molecule has 0 radical (unpaired) electrons. The zero-order chi connectivity index (χ0) is 17.6. The van der Waals surface area contributed by atoms with Crippen molar-refractivity contribution >= 4 is 11.8 Å². The molecule has 1 aliphatic carbocycles. The third-order valence-electron chi connectivity index (χ3n) is 5.14. The Morgan fingerprint density at radius 1 is 1.16 bits per heavy atom. The molecule has 1 saturated carbocycles. The molecule has 1 aromatic rings. The number of likely N-dealkylation sites (tertiary alicyclic amines) is 1. The Morgan fingerprint density at radius 2 is 1.96 bits per heavy atom. The van der Waals surface area contributed by atoms with Crippen LogP contribution in [0.3, 0.4) is 0 Å². The van der Waals surface area contributed by atoms with Gasteiger partial charge in [-0.3, -0.25) is 19.5 Å². The summed E-state index contributed by atoms with van der Waals surface area (Å²) in [7, 11) is 0. The van der Waals surface area contributed by atoms with Gasteiger partial charge in [-0.05, 0) is 43.7 Å². The molecule has 3 rings (SSSR count). The van der Waals surface area contributed by atoms with Gasteiger partial charge < -0.3 is 10.6 Å². The molecular weight excluding hydrogens is 316 g/mol. The minimum Gasteiger partial charge on any atom is -0.355 e. The van der Waals surface area contributed by atoms with Crippen LogP contribution >= 0.6 is 0 Å². The molecule has 6 nitrogen and oxygen atoms in total. The molecule has 2 heterocycles. The van der Waals surface area contributed by atoms with Crippen molar-refractivity contribution in [3.05, 3.63) is 30.1 Å². The number of amides is 2. The molecule has 25 heavy (non-hydrogen) atoms. The molecule has 0 spiro atoms. The minimum atomic E-state index is 0.0166. The van der Waals surface area contributed by atoms with Gasteiger partial charge in [0.15, 0.2) is 0 Å². The lowest BCUT2D eigenvalue weighted by molar-refractivity contribution is -0.123.